The van der Waals surface area contributed by atoms with Gasteiger partial charge in [0, 0.05) is 19.2 Å². The Kier molecular flexibility index (Phi) is 3.02. The van der Waals surface area contributed by atoms with Crippen LogP contribution in [-0.2, 0) is 6.54 Å². The predicted octanol–water partition coefficient (Wildman–Crippen LogP) is 1.51. The number of nitrogens with one attached hydrogen (secondary N) is 1. The summed E-state index contributed by atoms with van der Waals surface area (Å²) in [5, 5.41) is 3.10. The molecule has 102 valence electrons. The van der Waals surface area contributed by atoms with E-state index in [2.05, 4.69) is 5.32 Å². The summed E-state index contributed by atoms with van der Waals surface area (Å²) < 4.78 is 6.81. The van der Waals surface area contributed by atoms with Crippen molar-refractivity contribution in [1.82, 2.24) is 4.57 Å². The third-order valence-electron chi connectivity index (χ3n) is 3.41. The number of aromatic nitrogens is 1. The first-order valence-electron chi connectivity index (χ1n) is 6.38. The first kappa shape index (κ1) is 12.5. The molecule has 2 heterocycles. The second-order valence-electron chi connectivity index (χ2n) is 4.54. The van der Waals surface area contributed by atoms with Gasteiger partial charge in [-0.3, -0.25) is 14.2 Å². The van der Waals surface area contributed by atoms with Gasteiger partial charge in [-0.05, 0) is 18.2 Å². The first-order chi connectivity index (χ1) is 9.72. The van der Waals surface area contributed by atoms with Crippen molar-refractivity contribution >= 4 is 11.6 Å². The molecule has 3 rings (SSSR count). The maximum absolute atomic E-state index is 12.7. The number of pyridine rings is 1. The quantitative estimate of drug-likeness (QED) is 0.859. The summed E-state index contributed by atoms with van der Waals surface area (Å²) in [5.41, 5.74) is 0.887. The van der Waals surface area contributed by atoms with Crippen molar-refractivity contribution in [3.63, 3.8) is 0 Å². The van der Waals surface area contributed by atoms with Crippen molar-refractivity contribution in [2.24, 2.45) is 0 Å². The summed E-state index contributed by atoms with van der Waals surface area (Å²) >= 11 is 0. The van der Waals surface area contributed by atoms with Crippen molar-refractivity contribution in [3.05, 3.63) is 57.9 Å². The van der Waals surface area contributed by atoms with Gasteiger partial charge in [-0.1, -0.05) is 12.1 Å². The monoisotopic (exact) mass is 270 g/mol. The largest absolute Gasteiger partial charge is 0.496 e. The molecule has 0 radical (unpaired) electrons. The van der Waals surface area contributed by atoms with Crippen LogP contribution in [0.4, 0.5) is 5.82 Å². The number of ketones is 1. The molecule has 1 aromatic heterocycles. The molecule has 0 aliphatic carbocycles. The van der Waals surface area contributed by atoms with Crippen LogP contribution in [0.25, 0.3) is 0 Å². The minimum Gasteiger partial charge on any atom is -0.496 e. The number of carbonyl (C=O) groups excluding carboxylic acids is 1. The molecule has 0 saturated heterocycles. The summed E-state index contributed by atoms with van der Waals surface area (Å²) in [6.45, 7) is 1.24. The topological polar surface area (TPSA) is 60.3 Å². The van der Waals surface area contributed by atoms with Gasteiger partial charge in [0.2, 0.25) is 0 Å². The van der Waals surface area contributed by atoms with E-state index in [0.717, 1.165) is 0 Å². The fourth-order valence-electron chi connectivity index (χ4n) is 2.44. The Morgan fingerprint density at radius 3 is 2.80 bits per heavy atom. The second kappa shape index (κ2) is 4.85. The standard InChI is InChI=1S/C15H14N2O3/c1-20-12-5-3-2-4-10(12)14(19)11-6-7-13(18)17-9-8-16-15(11)17/h2-7,16H,8-9H2,1H3. The van der Waals surface area contributed by atoms with Gasteiger partial charge in [-0.15, -0.1) is 0 Å². The van der Waals surface area contributed by atoms with E-state index >= 15 is 0 Å². The molecule has 1 N–H and O–H groups in total. The zero-order chi connectivity index (χ0) is 14.1. The van der Waals surface area contributed by atoms with Crippen LogP contribution in [0.5, 0.6) is 5.75 Å². The number of methoxy groups -OCH3 is 1. The lowest BCUT2D eigenvalue weighted by Gasteiger charge is -2.11. The lowest BCUT2D eigenvalue weighted by atomic mass is 10.0. The van der Waals surface area contributed by atoms with E-state index in [-0.39, 0.29) is 11.3 Å². The normalized spacial score (nSPS) is 12.7. The minimum atomic E-state index is -0.152. The van der Waals surface area contributed by atoms with E-state index in [4.69, 9.17) is 4.74 Å². The molecule has 0 bridgehead atoms. The zero-order valence-corrected chi connectivity index (χ0v) is 11.1. The first-order valence-corrected chi connectivity index (χ1v) is 6.38. The van der Waals surface area contributed by atoms with Crippen LogP contribution in [-0.4, -0.2) is 24.0 Å². The highest BCUT2D eigenvalue weighted by Crippen LogP contribution is 2.25. The Morgan fingerprint density at radius 2 is 2.00 bits per heavy atom. The third-order valence-corrected chi connectivity index (χ3v) is 3.41. The molecule has 2 aromatic rings. The predicted molar refractivity (Wildman–Crippen MR) is 75.6 cm³/mol. The Bertz CT molecular complexity index is 734. The number of ether oxygens (including phenoxy) is 1. The highest BCUT2D eigenvalue weighted by Gasteiger charge is 2.22. The maximum atomic E-state index is 12.7. The smallest absolute Gasteiger partial charge is 0.252 e. The van der Waals surface area contributed by atoms with E-state index < -0.39 is 0 Å². The number of carbonyl (C=O) groups is 1. The minimum absolute atomic E-state index is 0.0958. The fourth-order valence-corrected chi connectivity index (χ4v) is 2.44. The van der Waals surface area contributed by atoms with Gasteiger partial charge in [-0.2, -0.15) is 0 Å². The molecule has 0 spiro atoms. The third kappa shape index (κ3) is 1.87. The molecule has 1 aliphatic rings. The van der Waals surface area contributed by atoms with E-state index in [9.17, 15) is 9.59 Å². The van der Waals surface area contributed by atoms with Crippen molar-refractivity contribution in [1.29, 1.82) is 0 Å². The molecular weight excluding hydrogens is 256 g/mol. The number of fused-ring (bicyclic) bond motifs is 1. The fraction of sp³-hybridized carbons (Fsp3) is 0.200. The summed E-state index contributed by atoms with van der Waals surface area (Å²) in [7, 11) is 1.53. The van der Waals surface area contributed by atoms with E-state index in [1.165, 1.54) is 13.2 Å². The van der Waals surface area contributed by atoms with Crippen LogP contribution in [0, 0.1) is 0 Å². The molecule has 0 atom stereocenters. The van der Waals surface area contributed by atoms with Gasteiger partial charge in [0.05, 0.1) is 18.2 Å². The number of hydrogen-bond donors (Lipinski definition) is 1. The van der Waals surface area contributed by atoms with Crippen molar-refractivity contribution in [2.45, 2.75) is 6.54 Å². The molecule has 0 unspecified atom stereocenters. The molecular formula is C15H14N2O3. The summed E-state index contributed by atoms with van der Waals surface area (Å²) in [5.74, 6) is 0.967. The highest BCUT2D eigenvalue weighted by atomic mass is 16.5. The summed E-state index contributed by atoms with van der Waals surface area (Å²) in [6, 6.07) is 10.1. The number of rotatable bonds is 3. The van der Waals surface area contributed by atoms with Crippen LogP contribution < -0.4 is 15.6 Å². The average molecular weight is 270 g/mol. The zero-order valence-electron chi connectivity index (χ0n) is 11.1. The molecule has 5 nitrogen and oxygen atoms in total. The van der Waals surface area contributed by atoms with E-state index in [0.29, 0.717) is 35.8 Å². The lowest BCUT2D eigenvalue weighted by Crippen LogP contribution is -2.19. The number of hydrogen-bond acceptors (Lipinski definition) is 4. The molecule has 5 heteroatoms. The number of benzene rings is 1. The van der Waals surface area contributed by atoms with Crippen molar-refractivity contribution < 1.29 is 9.53 Å². The molecule has 0 saturated carbocycles. The molecule has 20 heavy (non-hydrogen) atoms. The molecule has 1 aromatic carbocycles. The Balaban J connectivity index is 2.13. The van der Waals surface area contributed by atoms with Crippen LogP contribution in [0.3, 0.4) is 0 Å². The van der Waals surface area contributed by atoms with E-state index in [1.807, 2.05) is 6.07 Å². The Hall–Kier alpha value is -2.56. The summed E-state index contributed by atoms with van der Waals surface area (Å²) in [4.78, 5) is 24.4. The number of para-hydroxylation sites is 1. The van der Waals surface area contributed by atoms with Crippen LogP contribution >= 0.6 is 0 Å². The van der Waals surface area contributed by atoms with Gasteiger partial charge in [0.25, 0.3) is 5.56 Å². The number of nitrogens with zero attached hydrogens (tertiary/aromatic N) is 1. The summed E-state index contributed by atoms with van der Waals surface area (Å²) in [6.07, 6.45) is 0. The van der Waals surface area contributed by atoms with Gasteiger partial charge in [-0.25, -0.2) is 0 Å². The second-order valence-corrected chi connectivity index (χ2v) is 4.54. The van der Waals surface area contributed by atoms with Crippen LogP contribution in [0.15, 0.2) is 41.2 Å². The Labute approximate surface area is 115 Å². The van der Waals surface area contributed by atoms with Gasteiger partial charge < -0.3 is 10.1 Å². The Morgan fingerprint density at radius 1 is 1.20 bits per heavy atom. The van der Waals surface area contributed by atoms with Gasteiger partial charge in [0.15, 0.2) is 5.78 Å². The SMILES string of the molecule is COc1ccccc1C(=O)c1ccc(=O)n2c1NCC2. The molecule has 0 fully saturated rings. The van der Waals surface area contributed by atoms with Crippen LogP contribution in [0.2, 0.25) is 0 Å². The maximum Gasteiger partial charge on any atom is 0.252 e. The van der Waals surface area contributed by atoms with Crippen LogP contribution in [0.1, 0.15) is 15.9 Å². The van der Waals surface area contributed by atoms with Gasteiger partial charge in [0.1, 0.15) is 11.6 Å². The van der Waals surface area contributed by atoms with Gasteiger partial charge >= 0.3 is 0 Å². The molecule has 0 amide bonds. The molecule has 1 aliphatic heterocycles. The number of anilines is 1. The van der Waals surface area contributed by atoms with Crippen molar-refractivity contribution in [3.8, 4) is 5.75 Å². The average Bonchev–Trinajstić information content (AvgIpc) is 2.97. The highest BCUT2D eigenvalue weighted by molar-refractivity contribution is 6.13. The lowest BCUT2D eigenvalue weighted by molar-refractivity contribution is 0.103. The van der Waals surface area contributed by atoms with E-state index in [1.54, 1.807) is 28.8 Å². The van der Waals surface area contributed by atoms with Crippen molar-refractivity contribution in [2.75, 3.05) is 19.0 Å².